The lowest BCUT2D eigenvalue weighted by Crippen LogP contribution is -2.42. The summed E-state index contributed by atoms with van der Waals surface area (Å²) >= 11 is 0. The van der Waals surface area contributed by atoms with Gasteiger partial charge < -0.3 is 9.47 Å². The van der Waals surface area contributed by atoms with Gasteiger partial charge in [0, 0.05) is 0 Å². The van der Waals surface area contributed by atoms with E-state index in [9.17, 15) is 31.2 Å². The smallest absolute Gasteiger partial charge is 0.426 e. The van der Waals surface area contributed by atoms with Gasteiger partial charge in [0.05, 0.1) is 11.5 Å². The first-order valence-corrected chi connectivity index (χ1v) is 11.8. The van der Waals surface area contributed by atoms with Crippen LogP contribution in [0.25, 0.3) is 0 Å². The molecule has 0 aromatic heterocycles. The lowest BCUT2D eigenvalue weighted by molar-refractivity contribution is -0.218. The molecule has 1 N–H and O–H groups in total. The number of esters is 2. The fourth-order valence-corrected chi connectivity index (χ4v) is 5.36. The van der Waals surface area contributed by atoms with Crippen LogP contribution in [-0.4, -0.2) is 49.0 Å². The Bertz CT molecular complexity index is 1020. The summed E-state index contributed by atoms with van der Waals surface area (Å²) in [5.74, 6) is -4.75. The van der Waals surface area contributed by atoms with Crippen LogP contribution >= 0.6 is 0 Å². The van der Waals surface area contributed by atoms with E-state index in [-0.39, 0.29) is 18.3 Å². The third kappa shape index (κ3) is 5.43. The number of rotatable bonds is 6. The number of hydrogen-bond acceptors (Lipinski definition) is 6. The van der Waals surface area contributed by atoms with Crippen LogP contribution < -0.4 is 0 Å². The van der Waals surface area contributed by atoms with Gasteiger partial charge in [0.1, 0.15) is 11.9 Å². The number of ether oxygens (including phenoxy) is 2. The van der Waals surface area contributed by atoms with Crippen molar-refractivity contribution in [1.82, 2.24) is 0 Å². The number of carbonyl (C=O) groups excluding carboxylic acids is 2. The van der Waals surface area contributed by atoms with Gasteiger partial charge in [-0.1, -0.05) is 6.07 Å². The first-order chi connectivity index (χ1) is 14.7. The zero-order valence-electron chi connectivity index (χ0n) is 17.8. The molecule has 0 heterocycles. The van der Waals surface area contributed by atoms with Crippen LogP contribution in [0.3, 0.4) is 0 Å². The van der Waals surface area contributed by atoms with Crippen molar-refractivity contribution in [3.63, 3.8) is 0 Å². The van der Waals surface area contributed by atoms with Crippen LogP contribution in [0.4, 0.5) is 13.2 Å². The average molecular weight is 478 g/mol. The number of benzene rings is 1. The predicted octanol–water partition coefficient (Wildman–Crippen LogP) is 3.55. The second-order valence-corrected chi connectivity index (χ2v) is 10.2. The quantitative estimate of drug-likeness (QED) is 0.492. The molecule has 2 aliphatic rings. The molecule has 32 heavy (non-hydrogen) atoms. The van der Waals surface area contributed by atoms with E-state index in [1.54, 1.807) is 6.07 Å². The van der Waals surface area contributed by atoms with E-state index >= 15 is 0 Å². The molecule has 1 aromatic rings. The van der Waals surface area contributed by atoms with E-state index in [0.29, 0.717) is 18.4 Å². The number of carbonyl (C=O) groups is 2. The molecule has 2 saturated carbocycles. The molecule has 0 saturated heterocycles. The number of hydrogen-bond donors (Lipinski definition) is 1. The first kappa shape index (κ1) is 24.5. The topological polar surface area (TPSA) is 107 Å². The van der Waals surface area contributed by atoms with Crippen LogP contribution in [0.2, 0.25) is 0 Å². The fourth-order valence-electron chi connectivity index (χ4n) is 4.72. The highest BCUT2D eigenvalue weighted by molar-refractivity contribution is 7.85. The third-order valence-corrected chi connectivity index (χ3v) is 7.09. The second-order valence-electron chi connectivity index (χ2n) is 8.75. The Balaban J connectivity index is 1.63. The van der Waals surface area contributed by atoms with E-state index in [1.807, 2.05) is 26.8 Å². The second kappa shape index (κ2) is 8.66. The first-order valence-electron chi connectivity index (χ1n) is 10.2. The zero-order chi connectivity index (χ0) is 24.0. The summed E-state index contributed by atoms with van der Waals surface area (Å²) < 4.78 is 79.7. The van der Waals surface area contributed by atoms with Crippen molar-refractivity contribution >= 4 is 22.1 Å². The van der Waals surface area contributed by atoms with Gasteiger partial charge in [-0.3, -0.25) is 9.35 Å². The Kier molecular flexibility index (Phi) is 6.63. The van der Waals surface area contributed by atoms with E-state index in [0.717, 1.165) is 16.7 Å². The number of halogens is 3. The molecule has 0 radical (unpaired) electrons. The summed E-state index contributed by atoms with van der Waals surface area (Å²) in [4.78, 5) is 25.0. The van der Waals surface area contributed by atoms with E-state index in [2.05, 4.69) is 4.74 Å². The van der Waals surface area contributed by atoms with Crippen molar-refractivity contribution in [1.29, 1.82) is 0 Å². The Hall–Kier alpha value is -2.14. The van der Waals surface area contributed by atoms with Crippen molar-refractivity contribution in [2.24, 2.45) is 17.8 Å². The molecule has 5 atom stereocenters. The SMILES string of the molecule is Cc1cc(C)c(C)c(C(=O)OC2CC3CC2CC3C(=O)OC(CS(=O)(=O)O)C(F)(F)F)c1. The van der Waals surface area contributed by atoms with Crippen LogP contribution in [0.15, 0.2) is 12.1 Å². The number of aryl methyl sites for hydroxylation is 2. The van der Waals surface area contributed by atoms with Crippen LogP contribution in [-0.2, 0) is 24.4 Å². The molecule has 2 fully saturated rings. The highest BCUT2D eigenvalue weighted by Crippen LogP contribution is 2.50. The van der Waals surface area contributed by atoms with Crippen LogP contribution in [0.1, 0.15) is 46.3 Å². The van der Waals surface area contributed by atoms with Crippen molar-refractivity contribution < 1.29 is 45.2 Å². The lowest BCUT2D eigenvalue weighted by Gasteiger charge is -2.28. The summed E-state index contributed by atoms with van der Waals surface area (Å²) in [6.45, 7) is 5.58. The normalized spacial score (nSPS) is 26.1. The molecular formula is C21H25F3O7S. The van der Waals surface area contributed by atoms with Crippen molar-refractivity contribution in [2.75, 3.05) is 5.75 Å². The maximum Gasteiger partial charge on any atom is 0.426 e. The molecule has 1 aromatic carbocycles. The van der Waals surface area contributed by atoms with Gasteiger partial charge in [-0.25, -0.2) is 4.79 Å². The molecule has 11 heteroatoms. The molecule has 0 amide bonds. The standard InChI is InChI=1S/C21H25F3O7S/c1-10-4-11(2)12(3)15(5-10)19(25)30-17-8-13-6-14(17)7-16(13)20(26)31-18(21(22,23)24)9-32(27,28)29/h4-5,13-14,16-18H,6-9H2,1-3H3,(H,27,28,29). The average Bonchev–Trinajstić information content (AvgIpc) is 3.22. The van der Waals surface area contributed by atoms with E-state index in [1.165, 1.54) is 0 Å². The van der Waals surface area contributed by atoms with Crippen molar-refractivity contribution in [3.8, 4) is 0 Å². The van der Waals surface area contributed by atoms with Crippen LogP contribution in [0.5, 0.6) is 0 Å². The van der Waals surface area contributed by atoms with Gasteiger partial charge in [0.2, 0.25) is 6.10 Å². The monoisotopic (exact) mass is 478 g/mol. The summed E-state index contributed by atoms with van der Waals surface area (Å²) in [5, 5.41) is 0. The lowest BCUT2D eigenvalue weighted by atomic mass is 9.87. The van der Waals surface area contributed by atoms with Crippen molar-refractivity contribution in [2.45, 2.75) is 58.4 Å². The molecule has 7 nitrogen and oxygen atoms in total. The largest absolute Gasteiger partial charge is 0.458 e. The molecule has 0 aliphatic heterocycles. The maximum atomic E-state index is 13.0. The summed E-state index contributed by atoms with van der Waals surface area (Å²) in [7, 11) is -5.00. The predicted molar refractivity (Wildman–Crippen MR) is 107 cm³/mol. The van der Waals surface area contributed by atoms with Crippen molar-refractivity contribution in [3.05, 3.63) is 34.4 Å². The molecule has 178 valence electrons. The molecule has 3 rings (SSSR count). The molecule has 0 spiro atoms. The Morgan fingerprint density at radius 1 is 1.12 bits per heavy atom. The molecule has 2 bridgehead atoms. The van der Waals surface area contributed by atoms with Gasteiger partial charge in [0.25, 0.3) is 10.1 Å². The van der Waals surface area contributed by atoms with Gasteiger partial charge in [-0.15, -0.1) is 0 Å². The fraction of sp³-hybridized carbons (Fsp3) is 0.619. The van der Waals surface area contributed by atoms with E-state index in [4.69, 9.17) is 9.29 Å². The highest BCUT2D eigenvalue weighted by Gasteiger charge is 2.53. The van der Waals surface area contributed by atoms with Gasteiger partial charge in [0.15, 0.2) is 0 Å². The Morgan fingerprint density at radius 2 is 1.78 bits per heavy atom. The van der Waals surface area contributed by atoms with Gasteiger partial charge >= 0.3 is 18.1 Å². The third-order valence-electron chi connectivity index (χ3n) is 6.37. The minimum absolute atomic E-state index is 0.184. The number of alkyl halides is 3. The summed E-state index contributed by atoms with van der Waals surface area (Å²) in [6.07, 6.45) is -7.53. The minimum Gasteiger partial charge on any atom is -0.458 e. The molecule has 5 unspecified atom stereocenters. The van der Waals surface area contributed by atoms with Gasteiger partial charge in [-0.05, 0) is 74.6 Å². The minimum atomic E-state index is -5.13. The zero-order valence-corrected chi connectivity index (χ0v) is 18.6. The Labute approximate surface area is 184 Å². The molecule has 2 aliphatic carbocycles. The number of fused-ring (bicyclic) bond motifs is 2. The van der Waals surface area contributed by atoms with Gasteiger partial charge in [-0.2, -0.15) is 21.6 Å². The Morgan fingerprint density at radius 3 is 2.31 bits per heavy atom. The maximum absolute atomic E-state index is 13.0. The summed E-state index contributed by atoms with van der Waals surface area (Å²) in [6, 6.07) is 3.70. The summed E-state index contributed by atoms with van der Waals surface area (Å²) in [5.41, 5.74) is 3.14. The highest BCUT2D eigenvalue weighted by atomic mass is 32.2. The molecular weight excluding hydrogens is 453 g/mol. The van der Waals surface area contributed by atoms with Crippen LogP contribution in [0, 0.1) is 38.5 Å². The van der Waals surface area contributed by atoms with E-state index < -0.39 is 52.1 Å².